The van der Waals surface area contributed by atoms with Crippen LogP contribution in [0.25, 0.3) is 0 Å². The molecule has 3 rings (SSSR count). The zero-order chi connectivity index (χ0) is 14.0. The smallest absolute Gasteiger partial charge is 0.147 e. The molecule has 0 radical (unpaired) electrons. The molecule has 2 aromatic rings. The van der Waals surface area contributed by atoms with Gasteiger partial charge in [-0.15, -0.1) is 11.8 Å². The summed E-state index contributed by atoms with van der Waals surface area (Å²) in [5, 5.41) is 3.48. The number of benzene rings is 1. The van der Waals surface area contributed by atoms with E-state index in [1.165, 1.54) is 17.7 Å². The summed E-state index contributed by atoms with van der Waals surface area (Å²) < 4.78 is 0.333. The Morgan fingerprint density at radius 1 is 1.20 bits per heavy atom. The summed E-state index contributed by atoms with van der Waals surface area (Å²) in [5.41, 5.74) is 1.93. The Bertz CT molecular complexity index is 594. The molecule has 20 heavy (non-hydrogen) atoms. The quantitative estimate of drug-likeness (QED) is 0.906. The fraction of sp³-hybridized carbons (Fsp3) is 0.375. The van der Waals surface area contributed by atoms with Crippen molar-refractivity contribution in [1.29, 1.82) is 0 Å². The van der Waals surface area contributed by atoms with Gasteiger partial charge in [-0.05, 0) is 38.8 Å². The van der Waals surface area contributed by atoms with Crippen LogP contribution in [0.2, 0.25) is 0 Å². The molecule has 1 aliphatic rings. The maximum absolute atomic E-state index is 4.53. The van der Waals surface area contributed by atoms with E-state index in [-0.39, 0.29) is 0 Å². The van der Waals surface area contributed by atoms with E-state index >= 15 is 0 Å². The number of thioether (sulfide) groups is 1. The molecule has 0 amide bonds. The monoisotopic (exact) mass is 285 g/mol. The third kappa shape index (κ3) is 3.12. The molecule has 0 bridgehead atoms. The largest absolute Gasteiger partial charge is 0.367 e. The van der Waals surface area contributed by atoms with Crippen molar-refractivity contribution in [3.05, 3.63) is 47.9 Å². The highest BCUT2D eigenvalue weighted by atomic mass is 32.2. The van der Waals surface area contributed by atoms with Crippen LogP contribution in [0.15, 0.2) is 41.4 Å². The molecule has 1 aliphatic carbocycles. The van der Waals surface area contributed by atoms with Gasteiger partial charge in [0.2, 0.25) is 0 Å². The van der Waals surface area contributed by atoms with Gasteiger partial charge < -0.3 is 5.32 Å². The van der Waals surface area contributed by atoms with E-state index in [0.29, 0.717) is 4.75 Å². The van der Waals surface area contributed by atoms with Crippen LogP contribution in [0.1, 0.15) is 24.2 Å². The predicted octanol–water partition coefficient (Wildman–Crippen LogP) is 3.83. The van der Waals surface area contributed by atoms with E-state index < -0.39 is 0 Å². The number of nitrogens with zero attached hydrogens (tertiary/aromatic N) is 2. The molecular formula is C16H19N3S. The zero-order valence-corrected chi connectivity index (χ0v) is 12.7. The molecule has 1 aromatic heterocycles. The Morgan fingerprint density at radius 2 is 1.95 bits per heavy atom. The molecule has 0 unspecified atom stereocenters. The molecule has 1 fully saturated rings. The lowest BCUT2D eigenvalue weighted by Gasteiger charge is -2.17. The van der Waals surface area contributed by atoms with Gasteiger partial charge in [0.15, 0.2) is 0 Å². The molecule has 1 saturated carbocycles. The van der Waals surface area contributed by atoms with Gasteiger partial charge in [0, 0.05) is 22.4 Å². The van der Waals surface area contributed by atoms with Crippen LogP contribution in [0.4, 0.5) is 5.82 Å². The normalized spacial score (nSPS) is 15.9. The average Bonchev–Trinajstić information content (AvgIpc) is 3.21. The van der Waals surface area contributed by atoms with Crippen molar-refractivity contribution >= 4 is 17.6 Å². The summed E-state index contributed by atoms with van der Waals surface area (Å²) >= 11 is 1.98. The standard InChI is InChI=1S/C16H19N3S/c1-12-10-17-13(2)15(19-12)18-11-16(8-9-16)20-14-6-4-3-5-7-14/h3-7,10H,8-9,11H2,1-2H3,(H,18,19). The highest BCUT2D eigenvalue weighted by Crippen LogP contribution is 2.51. The molecule has 4 heteroatoms. The minimum atomic E-state index is 0.333. The maximum atomic E-state index is 4.53. The Hall–Kier alpha value is -1.55. The van der Waals surface area contributed by atoms with Crippen LogP contribution in [0.5, 0.6) is 0 Å². The van der Waals surface area contributed by atoms with E-state index in [1.807, 2.05) is 31.8 Å². The predicted molar refractivity (Wildman–Crippen MR) is 84.3 cm³/mol. The zero-order valence-electron chi connectivity index (χ0n) is 11.9. The maximum Gasteiger partial charge on any atom is 0.147 e. The van der Waals surface area contributed by atoms with Gasteiger partial charge in [-0.25, -0.2) is 4.98 Å². The first-order valence-corrected chi connectivity index (χ1v) is 7.77. The molecule has 1 aromatic carbocycles. The summed E-state index contributed by atoms with van der Waals surface area (Å²) in [5.74, 6) is 0.921. The number of aryl methyl sites for hydroxylation is 2. The van der Waals surface area contributed by atoms with Crippen molar-refractivity contribution in [2.45, 2.75) is 36.3 Å². The van der Waals surface area contributed by atoms with Gasteiger partial charge in [0.25, 0.3) is 0 Å². The highest BCUT2D eigenvalue weighted by Gasteiger charge is 2.43. The van der Waals surface area contributed by atoms with Gasteiger partial charge in [0.05, 0.1) is 11.4 Å². The number of hydrogen-bond donors (Lipinski definition) is 1. The summed E-state index contributed by atoms with van der Waals surface area (Å²) in [6.45, 7) is 4.92. The lowest BCUT2D eigenvalue weighted by Crippen LogP contribution is -2.19. The molecule has 1 heterocycles. The van der Waals surface area contributed by atoms with Crippen molar-refractivity contribution in [2.75, 3.05) is 11.9 Å². The second-order valence-electron chi connectivity index (χ2n) is 5.40. The molecule has 0 spiro atoms. The van der Waals surface area contributed by atoms with E-state index in [4.69, 9.17) is 0 Å². The van der Waals surface area contributed by atoms with Crippen LogP contribution >= 0.6 is 11.8 Å². The molecular weight excluding hydrogens is 266 g/mol. The molecule has 0 atom stereocenters. The summed E-state index contributed by atoms with van der Waals surface area (Å²) in [6, 6.07) is 10.6. The summed E-state index contributed by atoms with van der Waals surface area (Å²) in [4.78, 5) is 10.2. The van der Waals surface area contributed by atoms with Crippen LogP contribution in [0.3, 0.4) is 0 Å². The first-order valence-electron chi connectivity index (χ1n) is 6.95. The van der Waals surface area contributed by atoms with Crippen molar-refractivity contribution in [1.82, 2.24) is 9.97 Å². The number of hydrogen-bond acceptors (Lipinski definition) is 4. The Morgan fingerprint density at radius 3 is 2.65 bits per heavy atom. The second kappa shape index (κ2) is 5.44. The third-order valence-corrected chi connectivity index (χ3v) is 5.03. The summed E-state index contributed by atoms with van der Waals surface area (Å²) in [7, 11) is 0. The van der Waals surface area contributed by atoms with Crippen molar-refractivity contribution in [2.24, 2.45) is 0 Å². The van der Waals surface area contributed by atoms with Crippen LogP contribution in [-0.4, -0.2) is 21.3 Å². The first kappa shape index (κ1) is 13.4. The van der Waals surface area contributed by atoms with Gasteiger partial charge in [-0.1, -0.05) is 18.2 Å². The number of nitrogens with one attached hydrogen (secondary N) is 1. The average molecular weight is 285 g/mol. The van der Waals surface area contributed by atoms with Crippen molar-refractivity contribution < 1.29 is 0 Å². The molecule has 104 valence electrons. The van der Waals surface area contributed by atoms with E-state index in [9.17, 15) is 0 Å². The van der Waals surface area contributed by atoms with Crippen LogP contribution in [0, 0.1) is 13.8 Å². The Labute approximate surface area is 124 Å². The molecule has 3 nitrogen and oxygen atoms in total. The lowest BCUT2D eigenvalue weighted by atomic mass is 10.3. The van der Waals surface area contributed by atoms with Gasteiger partial charge in [-0.2, -0.15) is 0 Å². The van der Waals surface area contributed by atoms with E-state index in [2.05, 4.69) is 45.6 Å². The number of rotatable bonds is 5. The van der Waals surface area contributed by atoms with Gasteiger partial charge in [0.1, 0.15) is 5.82 Å². The van der Waals surface area contributed by atoms with Gasteiger partial charge >= 0.3 is 0 Å². The number of anilines is 1. The SMILES string of the molecule is Cc1cnc(C)c(NCC2(Sc3ccccc3)CC2)n1. The van der Waals surface area contributed by atoms with Crippen molar-refractivity contribution in [3.63, 3.8) is 0 Å². The molecule has 0 saturated heterocycles. The van der Waals surface area contributed by atoms with Crippen LogP contribution < -0.4 is 5.32 Å². The second-order valence-corrected chi connectivity index (χ2v) is 6.94. The highest BCUT2D eigenvalue weighted by molar-refractivity contribution is 8.01. The fourth-order valence-corrected chi connectivity index (χ4v) is 3.39. The number of aromatic nitrogens is 2. The molecule has 0 aliphatic heterocycles. The Kier molecular flexibility index (Phi) is 3.66. The van der Waals surface area contributed by atoms with Crippen molar-refractivity contribution in [3.8, 4) is 0 Å². The first-order chi connectivity index (χ1) is 9.67. The van der Waals surface area contributed by atoms with E-state index in [0.717, 1.165) is 23.8 Å². The fourth-order valence-electron chi connectivity index (χ4n) is 2.14. The summed E-state index contributed by atoms with van der Waals surface area (Å²) in [6.07, 6.45) is 4.34. The third-order valence-electron chi connectivity index (χ3n) is 3.54. The van der Waals surface area contributed by atoms with E-state index in [1.54, 1.807) is 0 Å². The van der Waals surface area contributed by atoms with Crippen LogP contribution in [-0.2, 0) is 0 Å². The minimum Gasteiger partial charge on any atom is -0.367 e. The Balaban J connectivity index is 1.64. The van der Waals surface area contributed by atoms with Gasteiger partial charge in [-0.3, -0.25) is 4.98 Å². The minimum absolute atomic E-state index is 0.333. The molecule has 1 N–H and O–H groups in total. The topological polar surface area (TPSA) is 37.8 Å². The lowest BCUT2D eigenvalue weighted by molar-refractivity contribution is 0.921.